The maximum absolute atomic E-state index is 12.7. The van der Waals surface area contributed by atoms with Crippen LogP contribution in [0.3, 0.4) is 0 Å². The molecule has 24 heavy (non-hydrogen) atoms. The smallest absolute Gasteiger partial charge is 0.241 e. The van der Waals surface area contributed by atoms with Gasteiger partial charge in [0.25, 0.3) is 0 Å². The summed E-state index contributed by atoms with van der Waals surface area (Å²) >= 11 is 0. The Kier molecular flexibility index (Phi) is 5.50. The molecule has 0 saturated carbocycles. The van der Waals surface area contributed by atoms with Gasteiger partial charge in [-0.1, -0.05) is 36.4 Å². The second kappa shape index (κ2) is 7.61. The van der Waals surface area contributed by atoms with Gasteiger partial charge in [-0.3, -0.25) is 0 Å². The van der Waals surface area contributed by atoms with Gasteiger partial charge in [0.15, 0.2) is 0 Å². The molecule has 1 aliphatic rings. The van der Waals surface area contributed by atoms with Crippen LogP contribution in [0.4, 0.5) is 0 Å². The standard InChI is InChI=1S/C18H24N2O3S/c1-23-12-11-20-10-9-15(14-20)13-19-24(21,22)18-8-4-6-16-5-2-3-7-17(16)18/h2-8,15,19H,9-14H2,1H3/t15-/m1/s1. The number of ether oxygens (including phenoxy) is 1. The summed E-state index contributed by atoms with van der Waals surface area (Å²) in [5, 5.41) is 1.70. The van der Waals surface area contributed by atoms with Gasteiger partial charge in [-0.15, -0.1) is 0 Å². The predicted octanol–water partition coefficient (Wildman–Crippen LogP) is 2.09. The van der Waals surface area contributed by atoms with Gasteiger partial charge in [0.2, 0.25) is 10.0 Å². The second-order valence-electron chi connectivity index (χ2n) is 6.28. The lowest BCUT2D eigenvalue weighted by molar-refractivity contribution is 0.159. The van der Waals surface area contributed by atoms with Crippen molar-refractivity contribution in [2.75, 3.05) is 39.9 Å². The Labute approximate surface area is 143 Å². The van der Waals surface area contributed by atoms with E-state index in [0.29, 0.717) is 24.0 Å². The first-order valence-electron chi connectivity index (χ1n) is 8.29. The van der Waals surface area contributed by atoms with Crippen molar-refractivity contribution in [3.05, 3.63) is 42.5 Å². The molecule has 0 amide bonds. The Morgan fingerprint density at radius 2 is 2.00 bits per heavy atom. The fourth-order valence-corrected chi connectivity index (χ4v) is 4.58. The van der Waals surface area contributed by atoms with E-state index >= 15 is 0 Å². The maximum atomic E-state index is 12.7. The minimum Gasteiger partial charge on any atom is -0.383 e. The second-order valence-corrected chi connectivity index (χ2v) is 8.01. The quantitative estimate of drug-likeness (QED) is 0.832. The SMILES string of the molecule is COCCN1CC[C@H](CNS(=O)(=O)c2cccc3ccccc23)C1. The van der Waals surface area contributed by atoms with Crippen molar-refractivity contribution in [3.8, 4) is 0 Å². The molecule has 2 aromatic carbocycles. The molecule has 6 heteroatoms. The molecule has 1 atom stereocenters. The van der Waals surface area contributed by atoms with Crippen LogP contribution in [0.2, 0.25) is 0 Å². The Morgan fingerprint density at radius 3 is 2.83 bits per heavy atom. The molecule has 3 rings (SSSR count). The number of methoxy groups -OCH3 is 1. The van der Waals surface area contributed by atoms with E-state index in [1.54, 1.807) is 19.2 Å². The van der Waals surface area contributed by atoms with Gasteiger partial charge in [-0.05, 0) is 30.3 Å². The highest BCUT2D eigenvalue weighted by Gasteiger charge is 2.24. The fourth-order valence-electron chi connectivity index (χ4n) is 3.24. The van der Waals surface area contributed by atoms with Crippen molar-refractivity contribution in [1.29, 1.82) is 0 Å². The number of sulfonamides is 1. The number of hydrogen-bond donors (Lipinski definition) is 1. The summed E-state index contributed by atoms with van der Waals surface area (Å²) in [4.78, 5) is 2.68. The third-order valence-corrected chi connectivity index (χ3v) is 6.06. The van der Waals surface area contributed by atoms with Crippen LogP contribution in [0.25, 0.3) is 10.8 Å². The normalized spacial score (nSPS) is 19.1. The lowest BCUT2D eigenvalue weighted by atomic mass is 10.1. The van der Waals surface area contributed by atoms with E-state index in [-0.39, 0.29) is 0 Å². The molecule has 2 aromatic rings. The van der Waals surface area contributed by atoms with Gasteiger partial charge in [-0.25, -0.2) is 13.1 Å². The molecule has 1 aliphatic heterocycles. The van der Waals surface area contributed by atoms with E-state index in [1.165, 1.54) is 0 Å². The van der Waals surface area contributed by atoms with E-state index in [0.717, 1.165) is 36.8 Å². The molecule has 130 valence electrons. The van der Waals surface area contributed by atoms with Crippen LogP contribution in [0.5, 0.6) is 0 Å². The number of fused-ring (bicyclic) bond motifs is 1. The third kappa shape index (κ3) is 3.95. The first-order chi connectivity index (χ1) is 11.6. The zero-order chi connectivity index (χ0) is 17.0. The Bertz CT molecular complexity index is 786. The van der Waals surface area contributed by atoms with Gasteiger partial charge in [-0.2, -0.15) is 0 Å². The zero-order valence-corrected chi connectivity index (χ0v) is 14.8. The Hall–Kier alpha value is -1.47. The molecule has 0 unspecified atom stereocenters. The van der Waals surface area contributed by atoms with E-state index < -0.39 is 10.0 Å². The van der Waals surface area contributed by atoms with Crippen LogP contribution in [0.15, 0.2) is 47.4 Å². The van der Waals surface area contributed by atoms with Gasteiger partial charge in [0.05, 0.1) is 11.5 Å². The molecule has 0 aromatic heterocycles. The summed E-state index contributed by atoms with van der Waals surface area (Å²) in [6, 6.07) is 13.0. The summed E-state index contributed by atoms with van der Waals surface area (Å²) in [5.74, 6) is 0.353. The molecule has 1 saturated heterocycles. The lowest BCUT2D eigenvalue weighted by Gasteiger charge is -2.16. The number of likely N-dealkylation sites (tertiary alicyclic amines) is 1. The van der Waals surface area contributed by atoms with Crippen molar-refractivity contribution in [2.24, 2.45) is 5.92 Å². The van der Waals surface area contributed by atoms with Gasteiger partial charge < -0.3 is 9.64 Å². The molecule has 0 radical (unpaired) electrons. The molecule has 5 nitrogen and oxygen atoms in total. The van der Waals surface area contributed by atoms with Crippen LogP contribution in [-0.2, 0) is 14.8 Å². The minimum atomic E-state index is -3.50. The average molecular weight is 348 g/mol. The molecule has 0 aliphatic carbocycles. The number of nitrogens with one attached hydrogen (secondary N) is 1. The third-order valence-electron chi connectivity index (χ3n) is 4.58. The summed E-state index contributed by atoms with van der Waals surface area (Å²) in [7, 11) is -1.80. The molecular formula is C18H24N2O3S. The predicted molar refractivity (Wildman–Crippen MR) is 95.6 cm³/mol. The summed E-state index contributed by atoms with van der Waals surface area (Å²) < 4.78 is 33.3. The topological polar surface area (TPSA) is 58.6 Å². The Balaban J connectivity index is 1.66. The molecule has 1 fully saturated rings. The lowest BCUT2D eigenvalue weighted by Crippen LogP contribution is -2.32. The monoisotopic (exact) mass is 348 g/mol. The molecule has 1 heterocycles. The molecule has 0 spiro atoms. The number of benzene rings is 2. The van der Waals surface area contributed by atoms with Crippen LogP contribution >= 0.6 is 0 Å². The highest BCUT2D eigenvalue weighted by molar-refractivity contribution is 7.89. The molecule has 0 bridgehead atoms. The van der Waals surface area contributed by atoms with Crippen molar-refractivity contribution in [2.45, 2.75) is 11.3 Å². The van der Waals surface area contributed by atoms with Crippen molar-refractivity contribution in [3.63, 3.8) is 0 Å². The van der Waals surface area contributed by atoms with Crippen LogP contribution in [0, 0.1) is 5.92 Å². The highest BCUT2D eigenvalue weighted by atomic mass is 32.2. The molecule has 1 N–H and O–H groups in total. The van der Waals surface area contributed by atoms with Crippen LogP contribution in [0.1, 0.15) is 6.42 Å². The minimum absolute atomic E-state index is 0.353. The first kappa shape index (κ1) is 17.4. The zero-order valence-electron chi connectivity index (χ0n) is 13.9. The van der Waals surface area contributed by atoms with Gasteiger partial charge >= 0.3 is 0 Å². The summed E-state index contributed by atoms with van der Waals surface area (Å²) in [5.41, 5.74) is 0. The van der Waals surface area contributed by atoms with Crippen molar-refractivity contribution >= 4 is 20.8 Å². The van der Waals surface area contributed by atoms with Gasteiger partial charge in [0, 0.05) is 32.1 Å². The number of hydrogen-bond acceptors (Lipinski definition) is 4. The summed E-state index contributed by atoms with van der Waals surface area (Å²) in [6.07, 6.45) is 1.02. The van der Waals surface area contributed by atoms with E-state index in [1.807, 2.05) is 30.3 Å². The van der Waals surface area contributed by atoms with Crippen molar-refractivity contribution < 1.29 is 13.2 Å². The maximum Gasteiger partial charge on any atom is 0.241 e. The number of rotatable bonds is 7. The number of nitrogens with zero attached hydrogens (tertiary/aromatic N) is 1. The molecular weight excluding hydrogens is 324 g/mol. The fraction of sp³-hybridized carbons (Fsp3) is 0.444. The first-order valence-corrected chi connectivity index (χ1v) is 9.77. The largest absolute Gasteiger partial charge is 0.383 e. The van der Waals surface area contributed by atoms with Crippen molar-refractivity contribution in [1.82, 2.24) is 9.62 Å². The van der Waals surface area contributed by atoms with E-state index in [9.17, 15) is 8.42 Å². The highest BCUT2D eigenvalue weighted by Crippen LogP contribution is 2.23. The van der Waals surface area contributed by atoms with E-state index in [4.69, 9.17) is 4.74 Å². The summed E-state index contributed by atoms with van der Waals surface area (Å²) in [6.45, 7) is 4.03. The van der Waals surface area contributed by atoms with E-state index in [2.05, 4.69) is 9.62 Å². The van der Waals surface area contributed by atoms with Crippen LogP contribution in [-0.4, -0.2) is 53.2 Å². The average Bonchev–Trinajstić information content (AvgIpc) is 3.06. The Morgan fingerprint density at radius 1 is 1.21 bits per heavy atom. The van der Waals surface area contributed by atoms with Crippen LogP contribution < -0.4 is 4.72 Å². The van der Waals surface area contributed by atoms with Gasteiger partial charge in [0.1, 0.15) is 0 Å².